The third-order valence-electron chi connectivity index (χ3n) is 2.83. The summed E-state index contributed by atoms with van der Waals surface area (Å²) in [7, 11) is 0. The lowest BCUT2D eigenvalue weighted by molar-refractivity contribution is -0.137. The summed E-state index contributed by atoms with van der Waals surface area (Å²) >= 11 is 0. The number of carboxylic acids is 1. The number of hydrogen-bond acceptors (Lipinski definition) is 4. The number of carboxylic acid groups (broad SMARTS) is 1. The Morgan fingerprint density at radius 1 is 1.40 bits per heavy atom. The largest absolute Gasteiger partial charge is 0.481 e. The molecule has 0 fully saturated rings. The van der Waals surface area contributed by atoms with Gasteiger partial charge in [-0.2, -0.15) is 5.10 Å². The Balaban J connectivity index is 1.94. The summed E-state index contributed by atoms with van der Waals surface area (Å²) < 4.78 is 6.92. The number of nitrogens with zero attached hydrogens (tertiary/aromatic N) is 3. The van der Waals surface area contributed by atoms with Crippen LogP contribution in [0.4, 0.5) is 4.79 Å². The Labute approximate surface area is 117 Å². The number of amides is 1. The lowest BCUT2D eigenvalue weighted by Gasteiger charge is -2.24. The highest BCUT2D eigenvalue weighted by atomic mass is 16.6. The third kappa shape index (κ3) is 3.49. The second-order valence-electron chi connectivity index (χ2n) is 5.84. The smallest absolute Gasteiger partial charge is 0.410 e. The van der Waals surface area contributed by atoms with Gasteiger partial charge in [-0.25, -0.2) is 4.79 Å². The van der Waals surface area contributed by atoms with Crippen LogP contribution in [0.25, 0.3) is 0 Å². The maximum atomic E-state index is 11.9. The highest BCUT2D eigenvalue weighted by molar-refractivity contribution is 5.69. The van der Waals surface area contributed by atoms with Gasteiger partial charge in [-0.3, -0.25) is 14.4 Å². The summed E-state index contributed by atoms with van der Waals surface area (Å²) in [6.45, 7) is 6.68. The zero-order chi connectivity index (χ0) is 14.9. The molecule has 7 nitrogen and oxygen atoms in total. The molecule has 1 amide bonds. The first kappa shape index (κ1) is 14.4. The summed E-state index contributed by atoms with van der Waals surface area (Å²) in [4.78, 5) is 24.0. The molecular formula is C13H19N3O4. The van der Waals surface area contributed by atoms with Crippen LogP contribution in [-0.4, -0.2) is 37.5 Å². The van der Waals surface area contributed by atoms with Crippen LogP contribution in [0.2, 0.25) is 0 Å². The van der Waals surface area contributed by atoms with Crippen LogP contribution in [-0.2, 0) is 29.2 Å². The zero-order valence-electron chi connectivity index (χ0n) is 11.9. The SMILES string of the molecule is CC(C)(C)OC(=O)N1Cc2cn(CCC(=O)O)nc2C1. The maximum Gasteiger partial charge on any atom is 0.410 e. The van der Waals surface area contributed by atoms with E-state index in [-0.39, 0.29) is 12.5 Å². The van der Waals surface area contributed by atoms with E-state index < -0.39 is 11.6 Å². The lowest BCUT2D eigenvalue weighted by atomic mass is 10.2. The number of aromatic nitrogens is 2. The monoisotopic (exact) mass is 281 g/mol. The van der Waals surface area contributed by atoms with Crippen molar-refractivity contribution in [1.29, 1.82) is 0 Å². The summed E-state index contributed by atoms with van der Waals surface area (Å²) in [6, 6.07) is 0. The first-order valence-corrected chi connectivity index (χ1v) is 6.49. The number of carbonyl (C=O) groups is 2. The predicted octanol–water partition coefficient (Wildman–Crippen LogP) is 1.61. The minimum absolute atomic E-state index is 0.0380. The summed E-state index contributed by atoms with van der Waals surface area (Å²) in [5, 5.41) is 12.9. The Kier molecular flexibility index (Phi) is 3.69. The van der Waals surface area contributed by atoms with E-state index in [2.05, 4.69) is 5.10 Å². The molecule has 0 saturated carbocycles. The molecule has 1 N–H and O–H groups in total. The van der Waals surface area contributed by atoms with Crippen molar-refractivity contribution in [1.82, 2.24) is 14.7 Å². The molecule has 2 rings (SSSR count). The van der Waals surface area contributed by atoms with E-state index in [0.29, 0.717) is 19.6 Å². The van der Waals surface area contributed by atoms with E-state index in [1.807, 2.05) is 20.8 Å². The van der Waals surface area contributed by atoms with Gasteiger partial charge in [-0.15, -0.1) is 0 Å². The van der Waals surface area contributed by atoms with Gasteiger partial charge < -0.3 is 9.84 Å². The van der Waals surface area contributed by atoms with Crippen LogP contribution in [0.3, 0.4) is 0 Å². The summed E-state index contributed by atoms with van der Waals surface area (Å²) in [5.41, 5.74) is 1.24. The van der Waals surface area contributed by atoms with Gasteiger partial charge in [-0.1, -0.05) is 0 Å². The van der Waals surface area contributed by atoms with Crippen LogP contribution in [0.1, 0.15) is 38.4 Å². The molecule has 0 aliphatic carbocycles. The molecule has 0 radical (unpaired) electrons. The van der Waals surface area contributed by atoms with Crippen molar-refractivity contribution in [3.63, 3.8) is 0 Å². The first-order valence-electron chi connectivity index (χ1n) is 6.49. The Hall–Kier alpha value is -2.05. The zero-order valence-corrected chi connectivity index (χ0v) is 11.9. The van der Waals surface area contributed by atoms with Crippen LogP contribution in [0.15, 0.2) is 6.20 Å². The van der Waals surface area contributed by atoms with E-state index in [0.717, 1.165) is 11.3 Å². The van der Waals surface area contributed by atoms with E-state index in [1.54, 1.807) is 15.8 Å². The fraction of sp³-hybridized carbons (Fsp3) is 0.615. The Bertz CT molecular complexity index is 507. The molecule has 7 heteroatoms. The quantitative estimate of drug-likeness (QED) is 0.909. The minimum atomic E-state index is -0.851. The lowest BCUT2D eigenvalue weighted by Crippen LogP contribution is -2.33. The third-order valence-corrected chi connectivity index (χ3v) is 2.83. The molecule has 0 aromatic carbocycles. The van der Waals surface area contributed by atoms with Crippen molar-refractivity contribution in [2.24, 2.45) is 0 Å². The number of aryl methyl sites for hydroxylation is 1. The van der Waals surface area contributed by atoms with Crippen LogP contribution in [0.5, 0.6) is 0 Å². The fourth-order valence-corrected chi connectivity index (χ4v) is 1.99. The molecule has 20 heavy (non-hydrogen) atoms. The van der Waals surface area contributed by atoms with E-state index >= 15 is 0 Å². The molecule has 0 atom stereocenters. The summed E-state index contributed by atoms with van der Waals surface area (Å²) in [5.74, 6) is -0.851. The van der Waals surface area contributed by atoms with Gasteiger partial charge in [-0.05, 0) is 20.8 Å². The predicted molar refractivity (Wildman–Crippen MR) is 70.0 cm³/mol. The molecule has 0 spiro atoms. The van der Waals surface area contributed by atoms with Gasteiger partial charge in [0.1, 0.15) is 5.60 Å². The van der Waals surface area contributed by atoms with E-state index in [1.165, 1.54) is 0 Å². The number of aliphatic carboxylic acids is 1. The Morgan fingerprint density at radius 3 is 2.65 bits per heavy atom. The van der Waals surface area contributed by atoms with Gasteiger partial charge >= 0.3 is 12.1 Å². The fourth-order valence-electron chi connectivity index (χ4n) is 1.99. The number of rotatable bonds is 3. The molecule has 0 bridgehead atoms. The molecule has 1 aliphatic heterocycles. The first-order chi connectivity index (χ1) is 9.24. The van der Waals surface area contributed by atoms with Crippen molar-refractivity contribution in [3.05, 3.63) is 17.5 Å². The molecular weight excluding hydrogens is 262 g/mol. The number of carbonyl (C=O) groups excluding carboxylic acids is 1. The highest BCUT2D eigenvalue weighted by Crippen LogP contribution is 2.23. The minimum Gasteiger partial charge on any atom is -0.481 e. The van der Waals surface area contributed by atoms with Crippen LogP contribution < -0.4 is 0 Å². The average molecular weight is 281 g/mol. The van der Waals surface area contributed by atoms with Crippen molar-refractivity contribution >= 4 is 12.1 Å². The average Bonchev–Trinajstić information content (AvgIpc) is 2.80. The summed E-state index contributed by atoms with van der Waals surface area (Å²) in [6.07, 6.45) is 1.48. The number of hydrogen-bond donors (Lipinski definition) is 1. The van der Waals surface area contributed by atoms with Crippen LogP contribution >= 0.6 is 0 Å². The molecule has 2 heterocycles. The van der Waals surface area contributed by atoms with Gasteiger partial charge in [0, 0.05) is 11.8 Å². The normalized spacial score (nSPS) is 14.2. The van der Waals surface area contributed by atoms with Crippen molar-refractivity contribution in [2.75, 3.05) is 0 Å². The van der Waals surface area contributed by atoms with E-state index in [4.69, 9.17) is 9.84 Å². The maximum absolute atomic E-state index is 11.9. The van der Waals surface area contributed by atoms with Gasteiger partial charge in [0.05, 0.1) is 31.7 Å². The van der Waals surface area contributed by atoms with Crippen molar-refractivity contribution < 1.29 is 19.4 Å². The van der Waals surface area contributed by atoms with Gasteiger partial charge in [0.15, 0.2) is 0 Å². The standard InChI is InChI=1S/C13H19N3O4/c1-13(2,3)20-12(19)15-6-9-7-16(5-4-11(17)18)14-10(9)8-15/h7H,4-6,8H2,1-3H3,(H,17,18). The van der Waals surface area contributed by atoms with Gasteiger partial charge in [0.25, 0.3) is 0 Å². The van der Waals surface area contributed by atoms with Crippen LogP contribution in [0, 0.1) is 0 Å². The molecule has 110 valence electrons. The van der Waals surface area contributed by atoms with E-state index in [9.17, 15) is 9.59 Å². The molecule has 1 aliphatic rings. The topological polar surface area (TPSA) is 84.7 Å². The second-order valence-corrected chi connectivity index (χ2v) is 5.84. The van der Waals surface area contributed by atoms with Gasteiger partial charge in [0.2, 0.25) is 0 Å². The molecule has 1 aromatic rings. The van der Waals surface area contributed by atoms with Crippen molar-refractivity contribution in [3.8, 4) is 0 Å². The van der Waals surface area contributed by atoms with Crippen molar-refractivity contribution in [2.45, 2.75) is 52.4 Å². The number of fused-ring (bicyclic) bond motifs is 1. The Morgan fingerprint density at radius 2 is 2.10 bits per heavy atom. The second kappa shape index (κ2) is 5.15. The molecule has 1 aromatic heterocycles. The highest BCUT2D eigenvalue weighted by Gasteiger charge is 2.29. The molecule has 0 saturated heterocycles. The molecule has 0 unspecified atom stereocenters. The number of ether oxygens (including phenoxy) is 1.